The molecule has 0 bridgehead atoms. The van der Waals surface area contributed by atoms with Crippen LogP contribution in [0.5, 0.6) is 5.75 Å². The Morgan fingerprint density at radius 1 is 1.18 bits per heavy atom. The van der Waals surface area contributed by atoms with Crippen molar-refractivity contribution in [1.82, 2.24) is 4.57 Å². The first-order chi connectivity index (χ1) is 10.0. The lowest BCUT2D eigenvalue weighted by atomic mass is 10.2. The van der Waals surface area contributed by atoms with Gasteiger partial charge in [0.1, 0.15) is 11.4 Å². The number of hydrogen-bond acceptors (Lipinski definition) is 4. The van der Waals surface area contributed by atoms with Gasteiger partial charge < -0.3 is 14.9 Å². The van der Waals surface area contributed by atoms with Crippen molar-refractivity contribution in [2.45, 2.75) is 40.2 Å². The number of nitrogens with zero attached hydrogens (tertiary/aromatic N) is 1. The largest absolute Gasteiger partial charge is 0.508 e. The van der Waals surface area contributed by atoms with E-state index in [2.05, 4.69) is 0 Å². The van der Waals surface area contributed by atoms with Gasteiger partial charge in [-0.25, -0.2) is 9.36 Å². The number of fused-ring (bicyclic) bond motifs is 1. The van der Waals surface area contributed by atoms with Crippen molar-refractivity contribution in [3.8, 4) is 5.75 Å². The van der Waals surface area contributed by atoms with Gasteiger partial charge in [-0.3, -0.25) is 4.79 Å². The molecule has 0 saturated carbocycles. The summed E-state index contributed by atoms with van der Waals surface area (Å²) in [4.78, 5) is 21.1. The highest BCUT2D eigenvalue weighted by Gasteiger charge is 2.20. The fourth-order valence-corrected chi connectivity index (χ4v) is 1.89. The summed E-state index contributed by atoms with van der Waals surface area (Å²) in [5, 5.41) is 17.7. The van der Waals surface area contributed by atoms with E-state index in [0.29, 0.717) is 0 Å². The number of phenolic OH excluding ortho intramolecular Hbond substituents is 1. The minimum atomic E-state index is -0.833. The Labute approximate surface area is 128 Å². The molecule has 0 aliphatic carbocycles. The van der Waals surface area contributed by atoms with Crippen LogP contribution >= 0.6 is 0 Å². The van der Waals surface area contributed by atoms with Gasteiger partial charge in [-0.2, -0.15) is 0 Å². The molecule has 0 aliphatic rings. The molecule has 0 spiro atoms. The molecule has 0 atom stereocenters. The van der Waals surface area contributed by atoms with Gasteiger partial charge in [-0.1, -0.05) is 0 Å². The highest BCUT2D eigenvalue weighted by atomic mass is 16.6. The molecule has 1 heterocycles. The molecule has 2 rings (SSSR count). The molecule has 0 aliphatic heterocycles. The molecule has 2 N–H and O–H groups in total. The molecule has 0 saturated heterocycles. The number of carboxylic acid groups (broad SMARTS) is 1. The summed E-state index contributed by atoms with van der Waals surface area (Å²) < 4.78 is 6.88. The molecule has 22 heavy (non-hydrogen) atoms. The number of ether oxygens (including phenoxy) is 1. The number of aryl methyl sites for hydroxylation is 1. The summed E-state index contributed by atoms with van der Waals surface area (Å²) in [5.74, 6) is -0.649. The lowest BCUT2D eigenvalue weighted by Gasteiger charge is -2.20. The standard InChI is InChI=1S/C14H17NO3.C2H4O2/c1-9-7-10-8-11(16)5-6-12(10)15(9)13(17)18-14(2,3)4;1-2(3)4/h5-8,16H,1-4H3;1H3,(H,3,4). The second kappa shape index (κ2) is 6.51. The van der Waals surface area contributed by atoms with Gasteiger partial charge in [0, 0.05) is 18.0 Å². The van der Waals surface area contributed by atoms with Crippen LogP contribution in [0.25, 0.3) is 10.9 Å². The van der Waals surface area contributed by atoms with Crippen LogP contribution in [-0.4, -0.2) is 32.4 Å². The number of aromatic nitrogens is 1. The van der Waals surface area contributed by atoms with Gasteiger partial charge in [0.25, 0.3) is 5.97 Å². The number of carboxylic acids is 1. The van der Waals surface area contributed by atoms with Crippen LogP contribution in [0.2, 0.25) is 0 Å². The fraction of sp³-hybridized carbons (Fsp3) is 0.375. The molecule has 6 nitrogen and oxygen atoms in total. The molecular formula is C16H21NO5. The van der Waals surface area contributed by atoms with Gasteiger partial charge in [0.2, 0.25) is 0 Å². The molecule has 1 aromatic heterocycles. The molecule has 2 aromatic rings. The Hall–Kier alpha value is -2.50. The smallest absolute Gasteiger partial charge is 0.419 e. The van der Waals surface area contributed by atoms with Gasteiger partial charge in [-0.05, 0) is 52.0 Å². The maximum Gasteiger partial charge on any atom is 0.419 e. The third kappa shape index (κ3) is 4.80. The fourth-order valence-electron chi connectivity index (χ4n) is 1.89. The minimum absolute atomic E-state index is 0.184. The van der Waals surface area contributed by atoms with Gasteiger partial charge >= 0.3 is 6.09 Å². The van der Waals surface area contributed by atoms with Crippen LogP contribution in [0, 0.1) is 6.92 Å². The van der Waals surface area contributed by atoms with Crippen molar-refractivity contribution < 1.29 is 24.5 Å². The third-order valence-corrected chi connectivity index (χ3v) is 2.55. The summed E-state index contributed by atoms with van der Waals surface area (Å²) in [6.07, 6.45) is -0.402. The maximum absolute atomic E-state index is 12.1. The van der Waals surface area contributed by atoms with Crippen molar-refractivity contribution in [2.75, 3.05) is 0 Å². The van der Waals surface area contributed by atoms with E-state index in [-0.39, 0.29) is 5.75 Å². The maximum atomic E-state index is 12.1. The van der Waals surface area contributed by atoms with Crippen LogP contribution in [0.3, 0.4) is 0 Å². The van der Waals surface area contributed by atoms with Crippen molar-refractivity contribution in [1.29, 1.82) is 0 Å². The SMILES string of the molecule is CC(=O)O.Cc1cc2cc(O)ccc2n1C(=O)OC(C)(C)C. The molecule has 0 unspecified atom stereocenters. The number of aromatic hydroxyl groups is 1. The van der Waals surface area contributed by atoms with E-state index in [1.165, 1.54) is 4.57 Å². The van der Waals surface area contributed by atoms with E-state index in [4.69, 9.17) is 14.6 Å². The van der Waals surface area contributed by atoms with Gasteiger partial charge in [-0.15, -0.1) is 0 Å². The molecule has 6 heteroatoms. The van der Waals surface area contributed by atoms with E-state index in [1.807, 2.05) is 33.8 Å². The lowest BCUT2D eigenvalue weighted by Crippen LogP contribution is -2.27. The second-order valence-electron chi connectivity index (χ2n) is 5.86. The predicted molar refractivity (Wildman–Crippen MR) is 83.3 cm³/mol. The number of carbonyl (C=O) groups excluding carboxylic acids is 1. The zero-order valence-electron chi connectivity index (χ0n) is 13.4. The van der Waals surface area contributed by atoms with Crippen molar-refractivity contribution >= 4 is 23.0 Å². The van der Waals surface area contributed by atoms with Crippen molar-refractivity contribution in [2.24, 2.45) is 0 Å². The van der Waals surface area contributed by atoms with Crippen LogP contribution in [-0.2, 0) is 9.53 Å². The monoisotopic (exact) mass is 307 g/mol. The summed E-state index contributed by atoms with van der Waals surface area (Å²) in [5.41, 5.74) is 0.987. The lowest BCUT2D eigenvalue weighted by molar-refractivity contribution is -0.134. The summed E-state index contributed by atoms with van der Waals surface area (Å²) in [7, 11) is 0. The Bertz CT molecular complexity index is 690. The first-order valence-corrected chi connectivity index (χ1v) is 6.75. The predicted octanol–water partition coefficient (Wildman–Crippen LogP) is 3.53. The van der Waals surface area contributed by atoms with Crippen molar-refractivity contribution in [3.05, 3.63) is 30.0 Å². The molecular weight excluding hydrogens is 286 g/mol. The molecule has 0 amide bonds. The first kappa shape index (κ1) is 17.6. The van der Waals surface area contributed by atoms with Crippen LogP contribution in [0.4, 0.5) is 4.79 Å². The third-order valence-electron chi connectivity index (χ3n) is 2.55. The Morgan fingerprint density at radius 2 is 1.73 bits per heavy atom. The second-order valence-corrected chi connectivity index (χ2v) is 5.86. The Kier molecular flexibility index (Phi) is 5.19. The van der Waals surface area contributed by atoms with E-state index >= 15 is 0 Å². The molecule has 1 aromatic carbocycles. The van der Waals surface area contributed by atoms with E-state index < -0.39 is 17.7 Å². The van der Waals surface area contributed by atoms with Gasteiger partial charge in [0.05, 0.1) is 5.52 Å². The highest BCUT2D eigenvalue weighted by molar-refractivity contribution is 5.91. The number of rotatable bonds is 0. The van der Waals surface area contributed by atoms with E-state index in [1.54, 1.807) is 18.2 Å². The van der Waals surface area contributed by atoms with Crippen LogP contribution < -0.4 is 0 Å². The average molecular weight is 307 g/mol. The number of aliphatic carboxylic acids is 1. The Morgan fingerprint density at radius 3 is 2.23 bits per heavy atom. The number of phenols is 1. The van der Waals surface area contributed by atoms with Crippen LogP contribution in [0.15, 0.2) is 24.3 Å². The van der Waals surface area contributed by atoms with E-state index in [9.17, 15) is 9.90 Å². The topological polar surface area (TPSA) is 88.8 Å². The number of benzene rings is 1. The first-order valence-electron chi connectivity index (χ1n) is 6.75. The van der Waals surface area contributed by atoms with E-state index in [0.717, 1.165) is 23.5 Å². The zero-order chi connectivity index (χ0) is 17.1. The zero-order valence-corrected chi connectivity index (χ0v) is 13.4. The number of carbonyl (C=O) groups is 2. The Balaban J connectivity index is 0.000000541. The van der Waals surface area contributed by atoms with Crippen LogP contribution in [0.1, 0.15) is 33.4 Å². The summed E-state index contributed by atoms with van der Waals surface area (Å²) in [6, 6.07) is 6.74. The highest BCUT2D eigenvalue weighted by Crippen LogP contribution is 2.24. The average Bonchev–Trinajstić information content (AvgIpc) is 2.60. The van der Waals surface area contributed by atoms with Gasteiger partial charge in [0.15, 0.2) is 0 Å². The molecule has 0 radical (unpaired) electrons. The summed E-state index contributed by atoms with van der Waals surface area (Å²) in [6.45, 7) is 8.41. The van der Waals surface area contributed by atoms with Crippen molar-refractivity contribution in [3.63, 3.8) is 0 Å². The quantitative estimate of drug-likeness (QED) is 0.777. The summed E-state index contributed by atoms with van der Waals surface area (Å²) >= 11 is 0. The molecule has 0 fully saturated rings. The minimum Gasteiger partial charge on any atom is -0.508 e. The molecule has 120 valence electrons. The number of hydrogen-bond donors (Lipinski definition) is 2. The normalized spacial score (nSPS) is 10.8.